The summed E-state index contributed by atoms with van der Waals surface area (Å²) in [4.78, 5) is 0. The van der Waals surface area contributed by atoms with Gasteiger partial charge in [-0.15, -0.1) is 12.4 Å². The molecule has 9 heteroatoms. The Morgan fingerprint density at radius 2 is 2.00 bits per heavy atom. The van der Waals surface area contributed by atoms with E-state index in [0.29, 0.717) is 16.6 Å². The normalized spacial score (nSPS) is 23.1. The Morgan fingerprint density at radius 3 is 2.61 bits per heavy atom. The molecule has 1 aliphatic heterocycles. The zero-order valence-electron chi connectivity index (χ0n) is 12.6. The summed E-state index contributed by atoms with van der Waals surface area (Å²) in [5, 5.41) is 12.2. The van der Waals surface area contributed by atoms with Crippen LogP contribution in [0.3, 0.4) is 0 Å². The Hall–Kier alpha value is -0.0800. The molecule has 1 fully saturated rings. The van der Waals surface area contributed by atoms with Crippen LogP contribution in [0.25, 0.3) is 0 Å². The molecule has 0 radical (unpaired) electrons. The van der Waals surface area contributed by atoms with Crippen LogP contribution in [0.15, 0.2) is 18.2 Å². The summed E-state index contributed by atoms with van der Waals surface area (Å²) < 4.78 is 28.2. The molecule has 1 saturated heterocycles. The molecular weight excluding hydrogens is 385 g/mol. The number of hydrogen-bond donors (Lipinski definition) is 1. The summed E-state index contributed by atoms with van der Waals surface area (Å²) in [7, 11) is -2.56. The summed E-state index contributed by atoms with van der Waals surface area (Å²) in [6.07, 6.45) is 2.46. The van der Waals surface area contributed by atoms with Crippen molar-refractivity contribution in [1.29, 1.82) is 0 Å². The number of hydroxylamine groups is 2. The lowest BCUT2D eigenvalue weighted by Gasteiger charge is -2.30. The molecule has 0 aromatic heterocycles. The fourth-order valence-corrected chi connectivity index (χ4v) is 4.08. The maximum Gasteiger partial charge on any atom is 0.268 e. The van der Waals surface area contributed by atoms with Crippen LogP contribution >= 0.6 is 35.6 Å². The van der Waals surface area contributed by atoms with Gasteiger partial charge >= 0.3 is 0 Å². The minimum atomic E-state index is -3.69. The molecule has 1 aromatic rings. The minimum Gasteiger partial charge on any atom is -0.314 e. The van der Waals surface area contributed by atoms with E-state index in [1.807, 2.05) is 6.07 Å². The van der Waals surface area contributed by atoms with Crippen molar-refractivity contribution in [3.63, 3.8) is 0 Å². The van der Waals surface area contributed by atoms with Crippen molar-refractivity contribution < 1.29 is 17.8 Å². The fourth-order valence-electron chi connectivity index (χ4n) is 2.82. The van der Waals surface area contributed by atoms with E-state index < -0.39 is 16.2 Å². The first kappa shape index (κ1) is 21.0. The monoisotopic (exact) mass is 403 g/mol. The molecular formula is C14H20Cl3NO4S. The molecule has 23 heavy (non-hydrogen) atoms. The first-order valence-corrected chi connectivity index (χ1v) is 9.36. The first-order valence-electron chi connectivity index (χ1n) is 7.03. The summed E-state index contributed by atoms with van der Waals surface area (Å²) in [6.45, 7) is 0.432. The first-order chi connectivity index (χ1) is 10.3. The molecule has 0 saturated carbocycles. The van der Waals surface area contributed by atoms with Gasteiger partial charge in [0.05, 0.1) is 28.9 Å². The Morgan fingerprint density at radius 1 is 1.30 bits per heavy atom. The smallest absolute Gasteiger partial charge is 0.268 e. The zero-order valence-corrected chi connectivity index (χ0v) is 15.8. The van der Waals surface area contributed by atoms with E-state index >= 15 is 0 Å². The van der Waals surface area contributed by atoms with Gasteiger partial charge in [-0.3, -0.25) is 4.18 Å². The van der Waals surface area contributed by atoms with Gasteiger partial charge in [-0.05, 0) is 30.5 Å². The maximum atomic E-state index is 11.8. The van der Waals surface area contributed by atoms with Crippen molar-refractivity contribution in [3.8, 4) is 0 Å². The van der Waals surface area contributed by atoms with Crippen LogP contribution in [0.2, 0.25) is 10.0 Å². The minimum absolute atomic E-state index is 0. The molecule has 0 unspecified atom stereocenters. The molecule has 0 amide bonds. The quantitative estimate of drug-likeness (QED) is 0.775. The van der Waals surface area contributed by atoms with Crippen LogP contribution in [0.4, 0.5) is 0 Å². The molecule has 0 bridgehead atoms. The predicted octanol–water partition coefficient (Wildman–Crippen LogP) is 3.72. The third kappa shape index (κ3) is 5.46. The maximum absolute atomic E-state index is 11.8. The van der Waals surface area contributed by atoms with Gasteiger partial charge in [0.15, 0.2) is 0 Å². The van der Waals surface area contributed by atoms with E-state index in [0.717, 1.165) is 37.0 Å². The van der Waals surface area contributed by atoms with E-state index in [1.54, 1.807) is 12.1 Å². The molecule has 1 aromatic carbocycles. The van der Waals surface area contributed by atoms with Crippen molar-refractivity contribution in [2.24, 2.45) is 0 Å². The number of benzene rings is 1. The van der Waals surface area contributed by atoms with Crippen LogP contribution in [0.5, 0.6) is 0 Å². The predicted molar refractivity (Wildman–Crippen MR) is 93.4 cm³/mol. The average Bonchev–Trinajstić information content (AvgIpc) is 2.65. The van der Waals surface area contributed by atoms with Gasteiger partial charge in [0.2, 0.25) is 0 Å². The Balaban J connectivity index is 0.00000264. The van der Waals surface area contributed by atoms with E-state index in [1.165, 1.54) is 0 Å². The Kier molecular flexibility index (Phi) is 8.07. The van der Waals surface area contributed by atoms with Crippen molar-refractivity contribution in [1.82, 2.24) is 5.06 Å². The van der Waals surface area contributed by atoms with Gasteiger partial charge < -0.3 is 5.21 Å². The van der Waals surface area contributed by atoms with Gasteiger partial charge in [0.1, 0.15) is 0 Å². The van der Waals surface area contributed by atoms with Crippen molar-refractivity contribution in [2.45, 2.75) is 31.2 Å². The molecule has 2 atom stereocenters. The summed E-state index contributed by atoms with van der Waals surface area (Å²) in [6, 6.07) is 4.67. The molecule has 1 N–H and O–H groups in total. The summed E-state index contributed by atoms with van der Waals surface area (Å²) in [5.41, 5.74) is 0.867. The van der Waals surface area contributed by atoms with Gasteiger partial charge in [-0.1, -0.05) is 35.7 Å². The van der Waals surface area contributed by atoms with Crippen LogP contribution in [-0.2, 0) is 14.3 Å². The van der Waals surface area contributed by atoms with Crippen molar-refractivity contribution in [2.75, 3.05) is 19.4 Å². The highest BCUT2D eigenvalue weighted by Crippen LogP contribution is 2.35. The number of nitrogens with zero attached hydrogens (tertiary/aromatic N) is 1. The number of halogens is 3. The molecule has 5 nitrogen and oxygen atoms in total. The molecule has 1 aliphatic rings. The highest BCUT2D eigenvalue weighted by Gasteiger charge is 2.34. The highest BCUT2D eigenvalue weighted by atomic mass is 35.5. The largest absolute Gasteiger partial charge is 0.314 e. The third-order valence-corrected chi connectivity index (χ3v) is 6.00. The fraction of sp³-hybridized carbons (Fsp3) is 0.571. The lowest BCUT2D eigenvalue weighted by Crippen LogP contribution is -2.41. The van der Waals surface area contributed by atoms with E-state index in [4.69, 9.17) is 23.2 Å². The van der Waals surface area contributed by atoms with E-state index in [9.17, 15) is 13.6 Å². The van der Waals surface area contributed by atoms with Gasteiger partial charge in [0, 0.05) is 12.5 Å². The second kappa shape index (κ2) is 8.85. The molecule has 0 spiro atoms. The van der Waals surface area contributed by atoms with Gasteiger partial charge in [-0.2, -0.15) is 13.5 Å². The van der Waals surface area contributed by atoms with Crippen molar-refractivity contribution >= 4 is 45.7 Å². The second-order valence-corrected chi connectivity index (χ2v) is 7.99. The number of rotatable bonds is 4. The lowest BCUT2D eigenvalue weighted by atomic mass is 9.89. The summed E-state index contributed by atoms with van der Waals surface area (Å²) in [5.74, 6) is -0.433. The van der Waals surface area contributed by atoms with Crippen LogP contribution in [-0.4, -0.2) is 44.1 Å². The highest BCUT2D eigenvalue weighted by molar-refractivity contribution is 7.86. The second-order valence-electron chi connectivity index (χ2n) is 5.40. The third-order valence-electron chi connectivity index (χ3n) is 4.00. The molecule has 132 valence electrons. The van der Waals surface area contributed by atoms with Crippen LogP contribution in [0.1, 0.15) is 30.7 Å². The summed E-state index contributed by atoms with van der Waals surface area (Å²) >= 11 is 12.0. The SMILES string of the molecule is COS(=O)(=O)C[C@H]1[C@@H](c2ccc(Cl)c(Cl)c2)CCCCN1O.Cl. The topological polar surface area (TPSA) is 66.8 Å². The van der Waals surface area contributed by atoms with E-state index in [-0.39, 0.29) is 24.1 Å². The zero-order chi connectivity index (χ0) is 16.3. The van der Waals surface area contributed by atoms with Gasteiger partial charge in [-0.25, -0.2) is 0 Å². The van der Waals surface area contributed by atoms with Crippen LogP contribution in [0, 0.1) is 0 Å². The average molecular weight is 405 g/mol. The molecule has 2 rings (SSSR count). The Labute approximate surface area is 153 Å². The number of hydrogen-bond acceptors (Lipinski definition) is 5. The molecule has 1 heterocycles. The van der Waals surface area contributed by atoms with Crippen molar-refractivity contribution in [3.05, 3.63) is 33.8 Å². The Bertz CT molecular complexity index is 626. The van der Waals surface area contributed by atoms with Gasteiger partial charge in [0.25, 0.3) is 10.1 Å². The molecule has 0 aliphatic carbocycles. The van der Waals surface area contributed by atoms with E-state index in [2.05, 4.69) is 4.18 Å². The van der Waals surface area contributed by atoms with Crippen LogP contribution < -0.4 is 0 Å². The standard InChI is InChI=1S/C14H19Cl2NO4S.ClH/c1-21-22(19,20)9-14-11(4-2-3-7-17(14)18)10-5-6-12(15)13(16)8-10;/h5-6,8,11,14,18H,2-4,7,9H2,1H3;1H/t11-,14+;/m1./s1. The lowest BCUT2D eigenvalue weighted by molar-refractivity contribution is -0.122.